The fourth-order valence-corrected chi connectivity index (χ4v) is 1.15. The van der Waals surface area contributed by atoms with Crippen molar-refractivity contribution in [1.82, 2.24) is 4.90 Å². The summed E-state index contributed by atoms with van der Waals surface area (Å²) in [6, 6.07) is 0. The second-order valence-electron chi connectivity index (χ2n) is 3.05. The van der Waals surface area contributed by atoms with Crippen LogP contribution in [-0.4, -0.2) is 36.1 Å². The van der Waals surface area contributed by atoms with Gasteiger partial charge in [-0.25, -0.2) is 0 Å². The quantitative estimate of drug-likeness (QED) is 0.554. The molecule has 1 aliphatic carbocycles. The SMILES string of the molecule is CN(C)C(=O)[C@H]1C[C@@H](O)C1. The highest BCUT2D eigenvalue weighted by atomic mass is 16.3. The van der Waals surface area contributed by atoms with Gasteiger partial charge in [0.15, 0.2) is 0 Å². The second kappa shape index (κ2) is 2.58. The van der Waals surface area contributed by atoms with E-state index in [0.717, 1.165) is 0 Å². The number of aliphatic hydroxyl groups excluding tert-OH is 1. The topological polar surface area (TPSA) is 40.5 Å². The summed E-state index contributed by atoms with van der Waals surface area (Å²) >= 11 is 0. The number of rotatable bonds is 1. The van der Waals surface area contributed by atoms with Gasteiger partial charge in [0.1, 0.15) is 0 Å². The zero-order chi connectivity index (χ0) is 7.72. The molecular weight excluding hydrogens is 130 g/mol. The molecule has 0 aliphatic heterocycles. The second-order valence-corrected chi connectivity index (χ2v) is 3.05. The van der Waals surface area contributed by atoms with Crippen LogP contribution in [0.3, 0.4) is 0 Å². The summed E-state index contributed by atoms with van der Waals surface area (Å²) in [6.45, 7) is 0. The minimum absolute atomic E-state index is 0.0880. The number of carbonyl (C=O) groups excluding carboxylic acids is 1. The van der Waals surface area contributed by atoms with Gasteiger partial charge in [-0.3, -0.25) is 4.79 Å². The molecule has 1 fully saturated rings. The molecule has 0 unspecified atom stereocenters. The van der Waals surface area contributed by atoms with Gasteiger partial charge < -0.3 is 10.0 Å². The van der Waals surface area contributed by atoms with Crippen LogP contribution >= 0.6 is 0 Å². The molecule has 0 spiro atoms. The Kier molecular flexibility index (Phi) is 1.94. The van der Waals surface area contributed by atoms with Crippen molar-refractivity contribution in [3.05, 3.63) is 0 Å². The van der Waals surface area contributed by atoms with Gasteiger partial charge in [0, 0.05) is 20.0 Å². The number of hydrogen-bond acceptors (Lipinski definition) is 2. The molecule has 1 aliphatic rings. The van der Waals surface area contributed by atoms with Gasteiger partial charge in [-0.1, -0.05) is 0 Å². The Morgan fingerprint density at radius 3 is 2.30 bits per heavy atom. The van der Waals surface area contributed by atoms with E-state index in [4.69, 9.17) is 5.11 Å². The van der Waals surface area contributed by atoms with Gasteiger partial charge in [-0.05, 0) is 12.8 Å². The lowest BCUT2D eigenvalue weighted by molar-refractivity contribution is -0.139. The maximum Gasteiger partial charge on any atom is 0.225 e. The molecule has 1 rings (SSSR count). The van der Waals surface area contributed by atoms with Crippen LogP contribution in [0.5, 0.6) is 0 Å². The van der Waals surface area contributed by atoms with Crippen molar-refractivity contribution in [1.29, 1.82) is 0 Å². The number of nitrogens with zero attached hydrogens (tertiary/aromatic N) is 1. The number of carbonyl (C=O) groups is 1. The summed E-state index contributed by atoms with van der Waals surface area (Å²) in [5.41, 5.74) is 0. The van der Waals surface area contributed by atoms with Gasteiger partial charge in [-0.15, -0.1) is 0 Å². The minimum Gasteiger partial charge on any atom is -0.393 e. The molecule has 0 aromatic carbocycles. The highest BCUT2D eigenvalue weighted by Gasteiger charge is 2.33. The predicted molar refractivity (Wildman–Crippen MR) is 37.4 cm³/mol. The van der Waals surface area contributed by atoms with E-state index in [0.29, 0.717) is 12.8 Å². The van der Waals surface area contributed by atoms with Gasteiger partial charge >= 0.3 is 0 Å². The van der Waals surface area contributed by atoms with Gasteiger partial charge in [0.05, 0.1) is 6.10 Å². The predicted octanol–water partition coefficient (Wildman–Crippen LogP) is -0.155. The molecule has 0 radical (unpaired) electrons. The van der Waals surface area contributed by atoms with E-state index in [2.05, 4.69) is 0 Å². The first kappa shape index (κ1) is 7.54. The van der Waals surface area contributed by atoms with E-state index >= 15 is 0 Å². The molecule has 10 heavy (non-hydrogen) atoms. The van der Waals surface area contributed by atoms with Gasteiger partial charge in [-0.2, -0.15) is 0 Å². The van der Waals surface area contributed by atoms with Crippen molar-refractivity contribution >= 4 is 5.91 Å². The van der Waals surface area contributed by atoms with Crippen LogP contribution in [0.4, 0.5) is 0 Å². The average molecular weight is 143 g/mol. The van der Waals surface area contributed by atoms with Crippen molar-refractivity contribution in [2.24, 2.45) is 5.92 Å². The fraction of sp³-hybridized carbons (Fsp3) is 0.857. The van der Waals surface area contributed by atoms with Crippen LogP contribution < -0.4 is 0 Å². The van der Waals surface area contributed by atoms with Crippen LogP contribution in [0.1, 0.15) is 12.8 Å². The van der Waals surface area contributed by atoms with Gasteiger partial charge in [0.2, 0.25) is 5.91 Å². The molecule has 1 amide bonds. The molecule has 58 valence electrons. The third kappa shape index (κ3) is 1.29. The Bertz CT molecular complexity index is 139. The molecule has 1 saturated carbocycles. The maximum absolute atomic E-state index is 11.1. The Morgan fingerprint density at radius 2 is 2.00 bits per heavy atom. The Hall–Kier alpha value is -0.570. The summed E-state index contributed by atoms with van der Waals surface area (Å²) < 4.78 is 0. The molecular formula is C7H13NO2. The molecule has 0 heterocycles. The summed E-state index contributed by atoms with van der Waals surface area (Å²) in [5, 5.41) is 8.88. The minimum atomic E-state index is -0.228. The highest BCUT2D eigenvalue weighted by Crippen LogP contribution is 2.28. The first-order valence-electron chi connectivity index (χ1n) is 3.50. The van der Waals surface area contributed by atoms with E-state index in [1.54, 1.807) is 19.0 Å². The monoisotopic (exact) mass is 143 g/mol. The first-order chi connectivity index (χ1) is 4.61. The molecule has 0 aromatic heterocycles. The Labute approximate surface area is 60.6 Å². The maximum atomic E-state index is 11.1. The Morgan fingerprint density at radius 1 is 1.50 bits per heavy atom. The van der Waals surface area contributed by atoms with Crippen LogP contribution in [0, 0.1) is 5.92 Å². The largest absolute Gasteiger partial charge is 0.393 e. The summed E-state index contributed by atoms with van der Waals surface area (Å²) in [5.74, 6) is 0.232. The molecule has 3 heteroatoms. The standard InChI is InChI=1S/C7H13NO2/c1-8(2)7(10)5-3-6(9)4-5/h5-6,9H,3-4H2,1-2H3/t5-,6+. The summed E-state index contributed by atoms with van der Waals surface area (Å²) in [6.07, 6.45) is 1.07. The number of aliphatic hydroxyl groups is 1. The fourth-order valence-electron chi connectivity index (χ4n) is 1.15. The lowest BCUT2D eigenvalue weighted by Gasteiger charge is -2.31. The summed E-state index contributed by atoms with van der Waals surface area (Å²) in [4.78, 5) is 12.7. The smallest absolute Gasteiger partial charge is 0.225 e. The van der Waals surface area contributed by atoms with E-state index in [1.807, 2.05) is 0 Å². The average Bonchev–Trinajstić information content (AvgIpc) is 1.79. The van der Waals surface area contributed by atoms with Crippen molar-refractivity contribution < 1.29 is 9.90 Å². The number of hydrogen-bond donors (Lipinski definition) is 1. The van der Waals surface area contributed by atoms with E-state index in [9.17, 15) is 4.79 Å². The van der Waals surface area contributed by atoms with Crippen molar-refractivity contribution in [3.8, 4) is 0 Å². The first-order valence-corrected chi connectivity index (χ1v) is 3.50. The van der Waals surface area contributed by atoms with Crippen LogP contribution in [-0.2, 0) is 4.79 Å². The third-order valence-electron chi connectivity index (χ3n) is 1.90. The number of amides is 1. The molecule has 0 bridgehead atoms. The zero-order valence-corrected chi connectivity index (χ0v) is 6.37. The normalized spacial score (nSPS) is 31.1. The molecule has 3 nitrogen and oxygen atoms in total. The molecule has 0 saturated heterocycles. The molecule has 0 aromatic rings. The van der Waals surface area contributed by atoms with Gasteiger partial charge in [0.25, 0.3) is 0 Å². The van der Waals surface area contributed by atoms with Crippen molar-refractivity contribution in [2.45, 2.75) is 18.9 Å². The molecule has 0 atom stereocenters. The van der Waals surface area contributed by atoms with Crippen molar-refractivity contribution in [2.75, 3.05) is 14.1 Å². The Balaban J connectivity index is 2.31. The van der Waals surface area contributed by atoms with E-state index in [-0.39, 0.29) is 17.9 Å². The third-order valence-corrected chi connectivity index (χ3v) is 1.90. The zero-order valence-electron chi connectivity index (χ0n) is 6.37. The van der Waals surface area contributed by atoms with E-state index < -0.39 is 0 Å². The van der Waals surface area contributed by atoms with Crippen LogP contribution in [0.25, 0.3) is 0 Å². The van der Waals surface area contributed by atoms with Crippen LogP contribution in [0.2, 0.25) is 0 Å². The highest BCUT2D eigenvalue weighted by molar-refractivity contribution is 5.79. The van der Waals surface area contributed by atoms with Crippen molar-refractivity contribution in [3.63, 3.8) is 0 Å². The molecule has 1 N–H and O–H groups in total. The summed E-state index contributed by atoms with van der Waals surface area (Å²) in [7, 11) is 3.49. The lowest BCUT2D eigenvalue weighted by atomic mass is 9.81. The van der Waals surface area contributed by atoms with E-state index in [1.165, 1.54) is 0 Å². The van der Waals surface area contributed by atoms with Crippen LogP contribution in [0.15, 0.2) is 0 Å². The lowest BCUT2D eigenvalue weighted by Crippen LogP contribution is -2.40.